The molecule has 0 aromatic heterocycles. The van der Waals surface area contributed by atoms with E-state index < -0.39 is 29.4 Å². The van der Waals surface area contributed by atoms with E-state index in [4.69, 9.17) is 0 Å². The minimum Gasteiger partial charge on any atom is -0.344 e. The van der Waals surface area contributed by atoms with Crippen LogP contribution in [0.4, 0.5) is 14.5 Å². The first-order valence-electron chi connectivity index (χ1n) is 8.35. The zero-order valence-corrected chi connectivity index (χ0v) is 14.8. The Morgan fingerprint density at radius 2 is 1.85 bits per heavy atom. The Morgan fingerprint density at radius 3 is 2.50 bits per heavy atom. The average Bonchev–Trinajstić information content (AvgIpc) is 2.85. The first-order chi connectivity index (χ1) is 12.3. The molecule has 1 heterocycles. The van der Waals surface area contributed by atoms with Gasteiger partial charge in [0.2, 0.25) is 11.8 Å². The number of likely N-dealkylation sites (tertiary alicyclic amines) is 1. The first kappa shape index (κ1) is 18.0. The van der Waals surface area contributed by atoms with Crippen molar-refractivity contribution in [1.82, 2.24) is 4.90 Å². The van der Waals surface area contributed by atoms with Crippen molar-refractivity contribution in [2.75, 3.05) is 18.9 Å². The van der Waals surface area contributed by atoms with E-state index in [-0.39, 0.29) is 11.6 Å². The van der Waals surface area contributed by atoms with Crippen LogP contribution in [0.1, 0.15) is 22.6 Å². The Kier molecular flexibility index (Phi) is 4.76. The SMILES string of the molecule is Cc1cc(F)cc(C2CN(C)C(=O)C2C(=O)Nc2ccc(C)cc2F)c1. The van der Waals surface area contributed by atoms with Gasteiger partial charge in [0.1, 0.15) is 17.6 Å². The van der Waals surface area contributed by atoms with E-state index in [0.717, 1.165) is 5.56 Å². The quantitative estimate of drug-likeness (QED) is 0.855. The molecule has 0 spiro atoms. The summed E-state index contributed by atoms with van der Waals surface area (Å²) in [5, 5.41) is 2.50. The molecule has 0 radical (unpaired) electrons. The standard InChI is InChI=1S/C20H20F2N2O2/c1-11-4-5-17(16(22)8-11)23-19(25)18-15(10-24(3)20(18)26)13-6-12(2)7-14(21)9-13/h4-9,15,18H,10H2,1-3H3,(H,23,25). The van der Waals surface area contributed by atoms with Gasteiger partial charge in [0.15, 0.2) is 0 Å². The number of likely N-dealkylation sites (N-methyl/N-ethyl adjacent to an activating group) is 1. The zero-order valence-electron chi connectivity index (χ0n) is 14.8. The highest BCUT2D eigenvalue weighted by Gasteiger charge is 2.44. The normalized spacial score (nSPS) is 19.7. The Balaban J connectivity index is 1.91. The summed E-state index contributed by atoms with van der Waals surface area (Å²) in [4.78, 5) is 26.7. The second kappa shape index (κ2) is 6.86. The topological polar surface area (TPSA) is 49.4 Å². The summed E-state index contributed by atoms with van der Waals surface area (Å²) in [5.41, 5.74) is 2.05. The molecule has 2 atom stereocenters. The molecule has 1 N–H and O–H groups in total. The van der Waals surface area contributed by atoms with E-state index in [2.05, 4.69) is 5.32 Å². The third-order valence-electron chi connectivity index (χ3n) is 4.67. The smallest absolute Gasteiger partial charge is 0.237 e. The number of anilines is 1. The number of aryl methyl sites for hydroxylation is 2. The predicted octanol–water partition coefficient (Wildman–Crippen LogP) is 3.39. The number of benzene rings is 2. The molecular weight excluding hydrogens is 338 g/mol. The molecule has 26 heavy (non-hydrogen) atoms. The molecule has 0 bridgehead atoms. The van der Waals surface area contributed by atoms with E-state index in [1.807, 2.05) is 0 Å². The van der Waals surface area contributed by atoms with Crippen LogP contribution in [0.2, 0.25) is 0 Å². The Bertz CT molecular complexity index is 862. The minimum atomic E-state index is -1.03. The van der Waals surface area contributed by atoms with E-state index >= 15 is 0 Å². The molecule has 2 unspecified atom stereocenters. The Hall–Kier alpha value is -2.76. The largest absolute Gasteiger partial charge is 0.344 e. The highest BCUT2D eigenvalue weighted by atomic mass is 19.1. The number of hydrogen-bond donors (Lipinski definition) is 1. The van der Waals surface area contributed by atoms with E-state index in [9.17, 15) is 18.4 Å². The van der Waals surface area contributed by atoms with Crippen LogP contribution in [-0.4, -0.2) is 30.3 Å². The molecule has 2 amide bonds. The van der Waals surface area contributed by atoms with Crippen molar-refractivity contribution in [3.8, 4) is 0 Å². The van der Waals surface area contributed by atoms with Crippen molar-refractivity contribution in [1.29, 1.82) is 0 Å². The van der Waals surface area contributed by atoms with Crippen LogP contribution < -0.4 is 5.32 Å². The summed E-state index contributed by atoms with van der Waals surface area (Å²) in [5.74, 6) is -3.44. The second-order valence-corrected chi connectivity index (χ2v) is 6.84. The van der Waals surface area contributed by atoms with Crippen LogP contribution in [0.5, 0.6) is 0 Å². The number of hydrogen-bond acceptors (Lipinski definition) is 2. The number of carbonyl (C=O) groups excluding carboxylic acids is 2. The molecule has 3 rings (SSSR count). The lowest BCUT2D eigenvalue weighted by atomic mass is 9.87. The maximum Gasteiger partial charge on any atom is 0.237 e. The molecule has 2 aromatic rings. The van der Waals surface area contributed by atoms with Crippen LogP contribution in [0, 0.1) is 31.4 Å². The molecule has 0 aliphatic carbocycles. The van der Waals surface area contributed by atoms with E-state index in [1.54, 1.807) is 33.0 Å². The van der Waals surface area contributed by atoms with Crippen LogP contribution >= 0.6 is 0 Å². The van der Waals surface area contributed by atoms with Gasteiger partial charge in [0.25, 0.3) is 0 Å². The van der Waals surface area contributed by atoms with Crippen LogP contribution in [0.3, 0.4) is 0 Å². The molecule has 0 saturated carbocycles. The van der Waals surface area contributed by atoms with Gasteiger partial charge < -0.3 is 10.2 Å². The van der Waals surface area contributed by atoms with Crippen LogP contribution in [-0.2, 0) is 9.59 Å². The van der Waals surface area contributed by atoms with Crippen molar-refractivity contribution in [2.45, 2.75) is 19.8 Å². The lowest BCUT2D eigenvalue weighted by Gasteiger charge is -2.18. The van der Waals surface area contributed by atoms with Crippen molar-refractivity contribution < 1.29 is 18.4 Å². The third kappa shape index (κ3) is 3.45. The molecule has 1 aliphatic rings. The Labute approximate surface area is 150 Å². The van der Waals surface area contributed by atoms with Crippen molar-refractivity contribution in [3.63, 3.8) is 0 Å². The monoisotopic (exact) mass is 358 g/mol. The number of carbonyl (C=O) groups is 2. The number of rotatable bonds is 3. The Morgan fingerprint density at radius 1 is 1.12 bits per heavy atom. The third-order valence-corrected chi connectivity index (χ3v) is 4.67. The summed E-state index contributed by atoms with van der Waals surface area (Å²) in [7, 11) is 1.60. The molecule has 1 saturated heterocycles. The lowest BCUT2D eigenvalue weighted by Crippen LogP contribution is -2.33. The van der Waals surface area contributed by atoms with Gasteiger partial charge in [-0.2, -0.15) is 0 Å². The van der Waals surface area contributed by atoms with Gasteiger partial charge in [0, 0.05) is 19.5 Å². The fourth-order valence-electron chi connectivity index (χ4n) is 3.40. The number of halogens is 2. The highest BCUT2D eigenvalue weighted by Crippen LogP contribution is 2.35. The first-order valence-corrected chi connectivity index (χ1v) is 8.35. The van der Waals surface area contributed by atoms with Gasteiger partial charge in [-0.25, -0.2) is 8.78 Å². The summed E-state index contributed by atoms with van der Waals surface area (Å²) < 4.78 is 27.8. The van der Waals surface area contributed by atoms with Gasteiger partial charge in [-0.3, -0.25) is 9.59 Å². The van der Waals surface area contributed by atoms with E-state index in [1.165, 1.54) is 29.2 Å². The minimum absolute atomic E-state index is 0.0251. The number of amides is 2. The molecular formula is C20H20F2N2O2. The van der Waals surface area contributed by atoms with Crippen molar-refractivity contribution >= 4 is 17.5 Å². The maximum absolute atomic E-state index is 14.0. The molecule has 4 nitrogen and oxygen atoms in total. The van der Waals surface area contributed by atoms with Gasteiger partial charge in [0.05, 0.1) is 5.69 Å². The second-order valence-electron chi connectivity index (χ2n) is 6.84. The van der Waals surface area contributed by atoms with Crippen molar-refractivity contribution in [3.05, 3.63) is 64.7 Å². The molecule has 2 aromatic carbocycles. The van der Waals surface area contributed by atoms with Gasteiger partial charge >= 0.3 is 0 Å². The highest BCUT2D eigenvalue weighted by molar-refractivity contribution is 6.08. The average molecular weight is 358 g/mol. The molecule has 1 aliphatic heterocycles. The van der Waals surface area contributed by atoms with Crippen LogP contribution in [0.25, 0.3) is 0 Å². The van der Waals surface area contributed by atoms with Gasteiger partial charge in [-0.15, -0.1) is 0 Å². The maximum atomic E-state index is 14.0. The van der Waals surface area contributed by atoms with E-state index in [0.29, 0.717) is 17.7 Å². The van der Waals surface area contributed by atoms with Gasteiger partial charge in [-0.1, -0.05) is 12.1 Å². The lowest BCUT2D eigenvalue weighted by molar-refractivity contribution is -0.135. The zero-order chi connectivity index (χ0) is 19.0. The number of nitrogens with zero attached hydrogens (tertiary/aromatic N) is 1. The van der Waals surface area contributed by atoms with Crippen molar-refractivity contribution in [2.24, 2.45) is 5.92 Å². The number of nitrogens with one attached hydrogen (secondary N) is 1. The summed E-state index contributed by atoms with van der Waals surface area (Å²) in [6.07, 6.45) is 0. The summed E-state index contributed by atoms with van der Waals surface area (Å²) in [6.45, 7) is 3.80. The fraction of sp³-hybridized carbons (Fsp3) is 0.300. The fourth-order valence-corrected chi connectivity index (χ4v) is 3.40. The van der Waals surface area contributed by atoms with Gasteiger partial charge in [-0.05, 0) is 54.8 Å². The molecule has 1 fully saturated rings. The van der Waals surface area contributed by atoms with Crippen LogP contribution in [0.15, 0.2) is 36.4 Å². The summed E-state index contributed by atoms with van der Waals surface area (Å²) >= 11 is 0. The predicted molar refractivity (Wildman–Crippen MR) is 94.8 cm³/mol. The summed E-state index contributed by atoms with van der Waals surface area (Å²) in [6, 6.07) is 8.96. The molecule has 6 heteroatoms. The molecule has 136 valence electrons.